The second-order valence-electron chi connectivity index (χ2n) is 7.29. The predicted molar refractivity (Wildman–Crippen MR) is 122 cm³/mol. The average Bonchev–Trinajstić information content (AvgIpc) is 2.86. The molecule has 2 aromatic carbocycles. The second kappa shape index (κ2) is 10.4. The van der Waals surface area contributed by atoms with Gasteiger partial charge in [0.25, 0.3) is 5.56 Å². The number of amides is 1. The van der Waals surface area contributed by atoms with Gasteiger partial charge in [-0.1, -0.05) is 23.4 Å². The fourth-order valence-electron chi connectivity index (χ4n) is 3.25. The molecule has 1 amide bonds. The summed E-state index contributed by atoms with van der Waals surface area (Å²) in [6.07, 6.45) is 3.53. The minimum Gasteiger partial charge on any atom is -0.493 e. The maximum Gasteiger partial charge on any atom is 0.277 e. The number of aromatic nitrogens is 4. The Morgan fingerprint density at radius 1 is 1.03 bits per heavy atom. The van der Waals surface area contributed by atoms with E-state index in [-0.39, 0.29) is 24.4 Å². The van der Waals surface area contributed by atoms with Crippen LogP contribution in [0.5, 0.6) is 11.5 Å². The molecule has 0 saturated heterocycles. The summed E-state index contributed by atoms with van der Waals surface area (Å²) in [7, 11) is 1.57. The van der Waals surface area contributed by atoms with Crippen LogP contribution in [0.15, 0.2) is 71.8 Å². The van der Waals surface area contributed by atoms with Crippen molar-refractivity contribution in [2.75, 3.05) is 7.11 Å². The third kappa shape index (κ3) is 5.51. The zero-order valence-corrected chi connectivity index (χ0v) is 18.1. The molecule has 0 aliphatic heterocycles. The lowest BCUT2D eigenvalue weighted by atomic mass is 10.2. The van der Waals surface area contributed by atoms with Gasteiger partial charge in [0.15, 0.2) is 11.5 Å². The number of ether oxygens (including phenoxy) is 2. The largest absolute Gasteiger partial charge is 0.493 e. The molecule has 168 valence electrons. The number of pyridine rings is 1. The van der Waals surface area contributed by atoms with Crippen molar-refractivity contribution in [1.82, 2.24) is 25.3 Å². The molecule has 0 unspecified atom stereocenters. The Hall–Kier alpha value is -4.27. The third-order valence-electron chi connectivity index (χ3n) is 5.04. The van der Waals surface area contributed by atoms with E-state index in [1.54, 1.807) is 43.8 Å². The number of nitrogens with one attached hydrogen (secondary N) is 1. The zero-order valence-electron chi connectivity index (χ0n) is 18.1. The van der Waals surface area contributed by atoms with Gasteiger partial charge in [0.05, 0.1) is 19.0 Å². The van der Waals surface area contributed by atoms with E-state index in [0.29, 0.717) is 35.6 Å². The Morgan fingerprint density at radius 3 is 2.67 bits per heavy atom. The zero-order chi connectivity index (χ0) is 23.0. The molecule has 2 aromatic heterocycles. The number of nitrogens with zero attached hydrogens (tertiary/aromatic N) is 4. The van der Waals surface area contributed by atoms with Crippen LogP contribution in [-0.2, 0) is 24.5 Å². The summed E-state index contributed by atoms with van der Waals surface area (Å²) in [5.41, 5.74) is 2.13. The lowest BCUT2D eigenvalue weighted by Crippen LogP contribution is -2.29. The van der Waals surface area contributed by atoms with Gasteiger partial charge in [0.1, 0.15) is 12.1 Å². The van der Waals surface area contributed by atoms with Crippen LogP contribution in [-0.4, -0.2) is 33.0 Å². The molecule has 0 aliphatic carbocycles. The van der Waals surface area contributed by atoms with Crippen LogP contribution >= 0.6 is 0 Å². The summed E-state index contributed by atoms with van der Waals surface area (Å²) >= 11 is 0. The average molecular weight is 445 g/mol. The molecule has 0 radical (unpaired) electrons. The first-order valence-electron chi connectivity index (χ1n) is 10.4. The summed E-state index contributed by atoms with van der Waals surface area (Å²) < 4.78 is 12.5. The molecule has 1 N–H and O–H groups in total. The first-order valence-corrected chi connectivity index (χ1v) is 10.4. The molecule has 0 aliphatic rings. The minimum absolute atomic E-state index is 0.108. The van der Waals surface area contributed by atoms with E-state index in [1.807, 2.05) is 30.3 Å². The minimum atomic E-state index is -0.263. The van der Waals surface area contributed by atoms with Crippen molar-refractivity contribution in [1.29, 1.82) is 0 Å². The van der Waals surface area contributed by atoms with Crippen molar-refractivity contribution in [2.24, 2.45) is 0 Å². The Balaban J connectivity index is 1.31. The summed E-state index contributed by atoms with van der Waals surface area (Å²) in [6, 6.07) is 16.2. The number of carbonyl (C=O) groups is 1. The summed E-state index contributed by atoms with van der Waals surface area (Å²) in [5, 5.41) is 11.3. The van der Waals surface area contributed by atoms with E-state index < -0.39 is 0 Å². The molecule has 0 saturated carbocycles. The van der Waals surface area contributed by atoms with Crippen molar-refractivity contribution < 1.29 is 14.3 Å². The SMILES string of the molecule is COc1cc(CNC(=O)CCn2nnc3ccccc3c2=O)ccc1OCc1ccncc1. The molecule has 0 bridgehead atoms. The van der Waals surface area contributed by atoms with Gasteiger partial charge in [-0.05, 0) is 47.5 Å². The molecule has 0 spiro atoms. The topological polar surface area (TPSA) is 108 Å². The second-order valence-corrected chi connectivity index (χ2v) is 7.29. The summed E-state index contributed by atoms with van der Waals surface area (Å²) in [4.78, 5) is 28.8. The highest BCUT2D eigenvalue weighted by Gasteiger charge is 2.10. The maximum atomic E-state index is 12.5. The molecular formula is C24H23N5O4. The van der Waals surface area contributed by atoms with Crippen molar-refractivity contribution in [3.05, 3.63) is 88.5 Å². The van der Waals surface area contributed by atoms with Crippen molar-refractivity contribution in [2.45, 2.75) is 26.1 Å². The molecule has 9 nitrogen and oxygen atoms in total. The smallest absolute Gasteiger partial charge is 0.277 e. The number of hydrogen-bond acceptors (Lipinski definition) is 7. The molecule has 2 heterocycles. The van der Waals surface area contributed by atoms with Gasteiger partial charge in [0.2, 0.25) is 5.91 Å². The standard InChI is InChI=1S/C24H23N5O4/c1-32-22-14-18(6-7-21(22)33-16-17-8-11-25-12-9-17)15-26-23(30)10-13-29-24(31)19-4-2-3-5-20(19)27-28-29/h2-9,11-12,14H,10,13,15-16H2,1H3,(H,26,30). The molecule has 4 rings (SSSR count). The van der Waals surface area contributed by atoms with Gasteiger partial charge in [-0.25, -0.2) is 4.68 Å². The quantitative estimate of drug-likeness (QED) is 0.422. The monoisotopic (exact) mass is 445 g/mol. The number of carbonyl (C=O) groups excluding carboxylic acids is 1. The van der Waals surface area contributed by atoms with Crippen molar-refractivity contribution >= 4 is 16.8 Å². The highest BCUT2D eigenvalue weighted by Crippen LogP contribution is 2.28. The van der Waals surface area contributed by atoms with Gasteiger partial charge in [0, 0.05) is 25.4 Å². The Bertz CT molecular complexity index is 1310. The van der Waals surface area contributed by atoms with Crippen molar-refractivity contribution in [3.63, 3.8) is 0 Å². The van der Waals surface area contributed by atoms with Crippen LogP contribution in [0.4, 0.5) is 0 Å². The number of rotatable bonds is 9. The number of fused-ring (bicyclic) bond motifs is 1. The van der Waals surface area contributed by atoms with Gasteiger partial charge < -0.3 is 14.8 Å². The van der Waals surface area contributed by atoms with Gasteiger partial charge in [-0.15, -0.1) is 5.10 Å². The fourth-order valence-corrected chi connectivity index (χ4v) is 3.25. The number of hydrogen-bond donors (Lipinski definition) is 1. The van der Waals surface area contributed by atoms with E-state index >= 15 is 0 Å². The molecule has 4 aromatic rings. The van der Waals surface area contributed by atoms with E-state index in [1.165, 1.54) is 4.68 Å². The molecule has 0 atom stereocenters. The van der Waals surface area contributed by atoms with Gasteiger partial charge in [-0.2, -0.15) is 0 Å². The number of methoxy groups -OCH3 is 1. The maximum absolute atomic E-state index is 12.5. The highest BCUT2D eigenvalue weighted by atomic mass is 16.5. The highest BCUT2D eigenvalue weighted by molar-refractivity contribution is 5.77. The molecule has 0 fully saturated rings. The first-order chi connectivity index (χ1) is 16.1. The molecular weight excluding hydrogens is 422 g/mol. The van der Waals surface area contributed by atoms with Gasteiger partial charge >= 0.3 is 0 Å². The third-order valence-corrected chi connectivity index (χ3v) is 5.04. The predicted octanol–water partition coefficient (Wildman–Crippen LogP) is 2.48. The van der Waals surface area contributed by atoms with Crippen LogP contribution in [0.25, 0.3) is 10.9 Å². The fraction of sp³-hybridized carbons (Fsp3) is 0.208. The molecule has 33 heavy (non-hydrogen) atoms. The number of aryl methyl sites for hydroxylation is 1. The van der Waals surface area contributed by atoms with Gasteiger partial charge in [-0.3, -0.25) is 14.6 Å². The normalized spacial score (nSPS) is 10.7. The molecule has 9 heteroatoms. The summed E-state index contributed by atoms with van der Waals surface area (Å²) in [6.45, 7) is 0.859. The van der Waals surface area contributed by atoms with E-state index in [4.69, 9.17) is 9.47 Å². The lowest BCUT2D eigenvalue weighted by Gasteiger charge is -2.13. The van der Waals surface area contributed by atoms with Crippen molar-refractivity contribution in [3.8, 4) is 11.5 Å². The Morgan fingerprint density at radius 2 is 1.85 bits per heavy atom. The van der Waals surface area contributed by atoms with Crippen LogP contribution in [0.2, 0.25) is 0 Å². The Labute approximate surface area is 190 Å². The van der Waals surface area contributed by atoms with Crippen LogP contribution < -0.4 is 20.3 Å². The summed E-state index contributed by atoms with van der Waals surface area (Å²) in [5.74, 6) is 0.987. The van der Waals surface area contributed by atoms with E-state index in [0.717, 1.165) is 11.1 Å². The van der Waals surface area contributed by atoms with E-state index in [2.05, 4.69) is 20.6 Å². The van der Waals surface area contributed by atoms with Crippen LogP contribution in [0, 0.1) is 0 Å². The number of benzene rings is 2. The van der Waals surface area contributed by atoms with Crippen LogP contribution in [0.3, 0.4) is 0 Å². The van der Waals surface area contributed by atoms with E-state index in [9.17, 15) is 9.59 Å². The van der Waals surface area contributed by atoms with Crippen LogP contribution in [0.1, 0.15) is 17.5 Å². The first kappa shape index (κ1) is 21.9. The lowest BCUT2D eigenvalue weighted by molar-refractivity contribution is -0.121. The Kier molecular flexibility index (Phi) is 6.89.